The second kappa shape index (κ2) is 12.1. The average molecular weight is 495 g/mol. The van der Waals surface area contributed by atoms with Crippen LogP contribution in [0.4, 0.5) is 0 Å². The second-order valence-corrected chi connectivity index (χ2v) is 9.44. The lowest BCUT2D eigenvalue weighted by atomic mass is 9.98. The van der Waals surface area contributed by atoms with Gasteiger partial charge >= 0.3 is 11.9 Å². The number of rotatable bonds is 11. The molecule has 0 spiro atoms. The van der Waals surface area contributed by atoms with Gasteiger partial charge in [0.2, 0.25) is 0 Å². The van der Waals surface area contributed by atoms with Gasteiger partial charge in [0.05, 0.1) is 12.2 Å². The maximum atomic E-state index is 12.8. The molecular formula is C30H38O6. The SMILES string of the molecule is CCc1ccc2c(OC(CC)C(=O)OC(C)C)c3ccccc3c(OC(CC)C(=O)OC(C)C)c2c1. The molecule has 36 heavy (non-hydrogen) atoms. The number of aryl methyl sites for hydroxylation is 1. The van der Waals surface area contributed by atoms with Gasteiger partial charge in [0, 0.05) is 21.5 Å². The summed E-state index contributed by atoms with van der Waals surface area (Å²) in [5.41, 5.74) is 1.12. The molecule has 0 aliphatic heterocycles. The summed E-state index contributed by atoms with van der Waals surface area (Å²) in [5, 5.41) is 3.23. The van der Waals surface area contributed by atoms with Gasteiger partial charge in [0.15, 0.2) is 12.2 Å². The van der Waals surface area contributed by atoms with E-state index in [4.69, 9.17) is 18.9 Å². The largest absolute Gasteiger partial charge is 0.477 e. The third-order valence-electron chi connectivity index (χ3n) is 5.89. The quantitative estimate of drug-likeness (QED) is 0.216. The number of hydrogen-bond acceptors (Lipinski definition) is 6. The van der Waals surface area contributed by atoms with Crippen molar-refractivity contribution >= 4 is 33.5 Å². The Morgan fingerprint density at radius 3 is 1.53 bits per heavy atom. The van der Waals surface area contributed by atoms with Crippen LogP contribution in [0, 0.1) is 0 Å². The minimum Gasteiger partial charge on any atom is -0.477 e. The maximum Gasteiger partial charge on any atom is 0.347 e. The molecule has 0 heterocycles. The first kappa shape index (κ1) is 27.3. The van der Waals surface area contributed by atoms with Crippen LogP contribution in [-0.2, 0) is 25.5 Å². The molecule has 2 atom stereocenters. The van der Waals surface area contributed by atoms with Crippen molar-refractivity contribution in [2.75, 3.05) is 0 Å². The second-order valence-electron chi connectivity index (χ2n) is 9.44. The van der Waals surface area contributed by atoms with Crippen LogP contribution in [0.15, 0.2) is 42.5 Å². The van der Waals surface area contributed by atoms with Crippen LogP contribution in [0.2, 0.25) is 0 Å². The lowest BCUT2D eigenvalue weighted by Crippen LogP contribution is -2.31. The molecule has 0 aliphatic carbocycles. The van der Waals surface area contributed by atoms with Gasteiger partial charge in [-0.25, -0.2) is 9.59 Å². The highest BCUT2D eigenvalue weighted by Gasteiger charge is 2.27. The van der Waals surface area contributed by atoms with Gasteiger partial charge in [-0.1, -0.05) is 57.2 Å². The van der Waals surface area contributed by atoms with E-state index in [9.17, 15) is 9.59 Å². The summed E-state index contributed by atoms with van der Waals surface area (Å²) in [6.07, 6.45) is -0.201. The van der Waals surface area contributed by atoms with Gasteiger partial charge in [0.25, 0.3) is 0 Å². The molecule has 0 saturated carbocycles. The first-order chi connectivity index (χ1) is 17.2. The van der Waals surface area contributed by atoms with Crippen molar-refractivity contribution in [2.24, 2.45) is 0 Å². The number of benzene rings is 3. The molecule has 6 heteroatoms. The highest BCUT2D eigenvalue weighted by molar-refractivity contribution is 6.11. The molecule has 0 aliphatic rings. The standard InChI is InChI=1S/C30H38O6/c1-8-20-15-16-23-24(17-20)28(36-26(10-3)30(32)34-19(6)7)22-14-12-11-13-21(22)27(23)35-25(9-2)29(31)33-18(4)5/h11-19,25-26H,8-10H2,1-7H3. The average Bonchev–Trinajstić information content (AvgIpc) is 2.84. The highest BCUT2D eigenvalue weighted by Crippen LogP contribution is 2.44. The Balaban J connectivity index is 2.22. The third kappa shape index (κ3) is 6.10. The zero-order valence-corrected chi connectivity index (χ0v) is 22.4. The molecule has 0 N–H and O–H groups in total. The molecule has 0 bridgehead atoms. The van der Waals surface area contributed by atoms with E-state index >= 15 is 0 Å². The smallest absolute Gasteiger partial charge is 0.347 e. The van der Waals surface area contributed by atoms with Crippen molar-refractivity contribution in [3.8, 4) is 11.5 Å². The Bertz CT molecular complexity index is 1210. The molecule has 0 saturated heterocycles. The van der Waals surface area contributed by atoms with Crippen molar-refractivity contribution in [3.05, 3.63) is 48.0 Å². The van der Waals surface area contributed by atoms with E-state index in [1.807, 2.05) is 77.9 Å². The fourth-order valence-corrected chi connectivity index (χ4v) is 4.12. The van der Waals surface area contributed by atoms with E-state index in [1.54, 1.807) is 0 Å². The van der Waals surface area contributed by atoms with Crippen LogP contribution in [0.5, 0.6) is 11.5 Å². The minimum absolute atomic E-state index is 0.233. The van der Waals surface area contributed by atoms with Crippen LogP contribution >= 0.6 is 0 Å². The predicted molar refractivity (Wildman–Crippen MR) is 143 cm³/mol. The molecular weight excluding hydrogens is 456 g/mol. The summed E-state index contributed by atoms with van der Waals surface area (Å²) in [5.74, 6) is 0.423. The van der Waals surface area contributed by atoms with Gasteiger partial charge in [0.1, 0.15) is 11.5 Å². The number of ether oxygens (including phenoxy) is 4. The Morgan fingerprint density at radius 2 is 1.11 bits per heavy atom. The Kier molecular flexibility index (Phi) is 9.19. The fraction of sp³-hybridized carbons (Fsp3) is 0.467. The summed E-state index contributed by atoms with van der Waals surface area (Å²) in [4.78, 5) is 25.5. The number of esters is 2. The Labute approximate surface area is 213 Å². The van der Waals surface area contributed by atoms with Crippen molar-refractivity contribution in [3.63, 3.8) is 0 Å². The van der Waals surface area contributed by atoms with E-state index in [-0.39, 0.29) is 18.2 Å². The molecule has 3 aromatic rings. The van der Waals surface area contributed by atoms with E-state index in [1.165, 1.54) is 0 Å². The molecule has 0 radical (unpaired) electrons. The normalized spacial score (nSPS) is 13.1. The molecule has 0 aromatic heterocycles. The van der Waals surface area contributed by atoms with Crippen molar-refractivity contribution in [1.82, 2.24) is 0 Å². The summed E-state index contributed by atoms with van der Waals surface area (Å²) in [7, 11) is 0. The van der Waals surface area contributed by atoms with Crippen molar-refractivity contribution < 1.29 is 28.5 Å². The summed E-state index contributed by atoms with van der Waals surface area (Å²) < 4.78 is 23.7. The Morgan fingerprint density at radius 1 is 0.667 bits per heavy atom. The molecule has 3 rings (SSSR count). The number of carbonyl (C=O) groups excluding carboxylic acids is 2. The summed E-state index contributed by atoms with van der Waals surface area (Å²) in [6, 6.07) is 13.8. The van der Waals surface area contributed by atoms with E-state index in [0.717, 1.165) is 33.5 Å². The van der Waals surface area contributed by atoms with Crippen LogP contribution < -0.4 is 9.47 Å². The molecule has 2 unspecified atom stereocenters. The van der Waals surface area contributed by atoms with E-state index in [0.29, 0.717) is 24.3 Å². The monoisotopic (exact) mass is 494 g/mol. The van der Waals surface area contributed by atoms with E-state index in [2.05, 4.69) is 13.0 Å². The zero-order chi connectivity index (χ0) is 26.4. The van der Waals surface area contributed by atoms with Gasteiger partial charge in [-0.05, 0) is 58.6 Å². The van der Waals surface area contributed by atoms with Crippen LogP contribution in [0.25, 0.3) is 21.5 Å². The number of carbonyl (C=O) groups is 2. The number of fused-ring (bicyclic) bond motifs is 2. The van der Waals surface area contributed by atoms with Crippen LogP contribution in [0.3, 0.4) is 0 Å². The third-order valence-corrected chi connectivity index (χ3v) is 5.89. The number of hydrogen-bond donors (Lipinski definition) is 0. The zero-order valence-electron chi connectivity index (χ0n) is 22.4. The van der Waals surface area contributed by atoms with Crippen LogP contribution in [0.1, 0.15) is 66.9 Å². The van der Waals surface area contributed by atoms with E-state index < -0.39 is 18.2 Å². The molecule has 0 fully saturated rings. The highest BCUT2D eigenvalue weighted by atomic mass is 16.6. The van der Waals surface area contributed by atoms with Gasteiger partial charge in [-0.2, -0.15) is 0 Å². The van der Waals surface area contributed by atoms with Crippen molar-refractivity contribution in [1.29, 1.82) is 0 Å². The topological polar surface area (TPSA) is 71.1 Å². The maximum absolute atomic E-state index is 12.8. The molecule has 0 amide bonds. The first-order valence-electron chi connectivity index (χ1n) is 12.9. The molecule has 6 nitrogen and oxygen atoms in total. The van der Waals surface area contributed by atoms with Gasteiger partial charge in [-0.15, -0.1) is 0 Å². The van der Waals surface area contributed by atoms with Gasteiger partial charge < -0.3 is 18.9 Å². The lowest BCUT2D eigenvalue weighted by molar-refractivity contribution is -0.156. The van der Waals surface area contributed by atoms with Crippen molar-refractivity contribution in [2.45, 2.75) is 92.1 Å². The fourth-order valence-electron chi connectivity index (χ4n) is 4.12. The molecule has 194 valence electrons. The minimum atomic E-state index is -0.750. The summed E-state index contributed by atoms with van der Waals surface area (Å²) >= 11 is 0. The van der Waals surface area contributed by atoms with Crippen LogP contribution in [-0.4, -0.2) is 36.4 Å². The first-order valence-corrected chi connectivity index (χ1v) is 12.9. The Hall–Kier alpha value is -3.28. The summed E-state index contributed by atoms with van der Waals surface area (Å²) in [6.45, 7) is 13.2. The predicted octanol–water partition coefficient (Wildman–Crippen LogP) is 6.77. The van der Waals surface area contributed by atoms with Gasteiger partial charge in [-0.3, -0.25) is 0 Å². The molecule has 3 aromatic carbocycles. The lowest BCUT2D eigenvalue weighted by Gasteiger charge is -2.24.